The summed E-state index contributed by atoms with van der Waals surface area (Å²) < 4.78 is 5.92. The summed E-state index contributed by atoms with van der Waals surface area (Å²) in [5.74, 6) is 0.105. The predicted molar refractivity (Wildman–Crippen MR) is 135 cm³/mol. The molecule has 1 saturated heterocycles. The largest absolute Gasteiger partial charge is 0.478 e. The number of ether oxygens (including phenoxy) is 1. The van der Waals surface area contributed by atoms with Gasteiger partial charge >= 0.3 is 5.97 Å². The van der Waals surface area contributed by atoms with Crippen molar-refractivity contribution in [3.05, 3.63) is 83.9 Å². The topological polar surface area (TPSA) is 95.9 Å². The number of benzene rings is 3. The summed E-state index contributed by atoms with van der Waals surface area (Å²) in [5.41, 5.74) is 1.11. The highest BCUT2D eigenvalue weighted by Gasteiger charge is 2.24. The Labute approximate surface area is 208 Å². The van der Waals surface area contributed by atoms with Crippen LogP contribution in [-0.2, 0) is 16.0 Å². The highest BCUT2D eigenvalue weighted by molar-refractivity contribution is 8.00. The lowest BCUT2D eigenvalue weighted by atomic mass is 10.1. The zero-order valence-corrected chi connectivity index (χ0v) is 20.1. The van der Waals surface area contributed by atoms with Crippen molar-refractivity contribution in [2.24, 2.45) is 0 Å². The van der Waals surface area contributed by atoms with Gasteiger partial charge in [0.25, 0.3) is 0 Å². The van der Waals surface area contributed by atoms with Crippen molar-refractivity contribution in [3.63, 3.8) is 0 Å². The molecule has 7 nitrogen and oxygen atoms in total. The van der Waals surface area contributed by atoms with Crippen molar-refractivity contribution in [1.82, 2.24) is 4.90 Å². The van der Waals surface area contributed by atoms with Crippen LogP contribution in [0.2, 0.25) is 0 Å². The number of carbonyl (C=O) groups excluding carboxylic acids is 2. The number of para-hydroxylation sites is 1. The number of hydrogen-bond donors (Lipinski definition) is 2. The molecule has 1 aliphatic heterocycles. The van der Waals surface area contributed by atoms with Crippen LogP contribution in [0, 0.1) is 0 Å². The summed E-state index contributed by atoms with van der Waals surface area (Å²) >= 11 is 1.78. The first-order valence-electron chi connectivity index (χ1n) is 11.3. The molecule has 8 heteroatoms. The summed E-state index contributed by atoms with van der Waals surface area (Å²) in [5, 5.41) is 12.3. The summed E-state index contributed by atoms with van der Waals surface area (Å²) in [6.07, 6.45) is 1.11. The molecule has 2 amide bonds. The maximum absolute atomic E-state index is 12.4. The quantitative estimate of drug-likeness (QED) is 0.458. The zero-order valence-electron chi connectivity index (χ0n) is 19.3. The number of thioether (sulfide) groups is 1. The molecule has 0 unspecified atom stereocenters. The minimum absolute atomic E-state index is 0.0512. The molecule has 180 valence electrons. The fourth-order valence-electron chi connectivity index (χ4n) is 3.86. The number of hydrogen-bond acceptors (Lipinski definition) is 5. The van der Waals surface area contributed by atoms with Gasteiger partial charge in [-0.1, -0.05) is 24.3 Å². The first kappa shape index (κ1) is 24.3. The van der Waals surface area contributed by atoms with Crippen molar-refractivity contribution in [1.29, 1.82) is 0 Å². The second-order valence-electron chi connectivity index (χ2n) is 8.29. The highest BCUT2D eigenvalue weighted by atomic mass is 32.2. The highest BCUT2D eigenvalue weighted by Crippen LogP contribution is 2.32. The second kappa shape index (κ2) is 11.1. The lowest BCUT2D eigenvalue weighted by Gasteiger charge is -2.14. The van der Waals surface area contributed by atoms with Gasteiger partial charge in [-0.2, -0.15) is 0 Å². The fourth-order valence-corrected chi connectivity index (χ4v) is 5.01. The Hall–Kier alpha value is -3.78. The molecule has 1 fully saturated rings. The molecule has 0 saturated carbocycles. The van der Waals surface area contributed by atoms with Crippen molar-refractivity contribution in [2.75, 3.05) is 18.4 Å². The van der Waals surface area contributed by atoms with Gasteiger partial charge in [0.15, 0.2) is 0 Å². The van der Waals surface area contributed by atoms with Gasteiger partial charge in [0.2, 0.25) is 11.8 Å². The van der Waals surface area contributed by atoms with E-state index in [1.54, 1.807) is 49.0 Å². The van der Waals surface area contributed by atoms with Crippen LogP contribution < -0.4 is 10.1 Å². The summed E-state index contributed by atoms with van der Waals surface area (Å²) in [6, 6.07) is 21.4. The first-order chi connectivity index (χ1) is 16.9. The molecule has 3 aromatic carbocycles. The molecule has 0 bridgehead atoms. The SMILES string of the molecule is CC(=O)N1CC[C@@H](Sc2ccc(Oc3ccc(CC(=O)Nc4ccccc4C(=O)O)cc3)cc2)C1. The zero-order chi connectivity index (χ0) is 24.8. The number of nitrogens with one attached hydrogen (secondary N) is 1. The van der Waals surface area contributed by atoms with E-state index in [2.05, 4.69) is 5.32 Å². The second-order valence-corrected chi connectivity index (χ2v) is 9.66. The third-order valence-corrected chi connectivity index (χ3v) is 6.93. The number of carboxylic acid groups (broad SMARTS) is 1. The third kappa shape index (κ3) is 6.64. The average Bonchev–Trinajstić information content (AvgIpc) is 3.31. The van der Waals surface area contributed by atoms with Gasteiger partial charge < -0.3 is 20.1 Å². The van der Waals surface area contributed by atoms with Crippen LogP contribution in [0.3, 0.4) is 0 Å². The van der Waals surface area contributed by atoms with Gasteiger partial charge in [-0.3, -0.25) is 9.59 Å². The minimum atomic E-state index is -1.09. The molecule has 0 spiro atoms. The van der Waals surface area contributed by atoms with E-state index in [1.807, 2.05) is 41.3 Å². The van der Waals surface area contributed by atoms with Gasteiger partial charge in [0.1, 0.15) is 11.5 Å². The van der Waals surface area contributed by atoms with Crippen molar-refractivity contribution >= 4 is 35.2 Å². The number of aromatic carboxylic acids is 1. The molecular formula is C27H26N2O5S. The van der Waals surface area contributed by atoms with Gasteiger partial charge in [-0.25, -0.2) is 4.79 Å². The van der Waals surface area contributed by atoms with Crippen LogP contribution in [0.15, 0.2) is 77.7 Å². The van der Waals surface area contributed by atoms with Crippen molar-refractivity contribution in [2.45, 2.75) is 29.9 Å². The minimum Gasteiger partial charge on any atom is -0.478 e. The van der Waals surface area contributed by atoms with Gasteiger partial charge in [0, 0.05) is 30.2 Å². The van der Waals surface area contributed by atoms with Crippen LogP contribution in [0.25, 0.3) is 0 Å². The molecule has 1 aliphatic rings. The van der Waals surface area contributed by atoms with Crippen LogP contribution >= 0.6 is 11.8 Å². The molecule has 0 radical (unpaired) electrons. The molecule has 35 heavy (non-hydrogen) atoms. The van der Waals surface area contributed by atoms with E-state index in [1.165, 1.54) is 6.07 Å². The molecule has 1 heterocycles. The van der Waals surface area contributed by atoms with E-state index in [0.717, 1.165) is 30.0 Å². The maximum atomic E-state index is 12.4. The standard InChI is InChI=1S/C27H26N2O5S/c1-18(30)29-15-14-23(17-29)35-22-12-10-21(11-13-22)34-20-8-6-19(7-9-20)16-26(31)28-25-5-3-2-4-24(25)27(32)33/h2-13,23H,14-17H2,1H3,(H,28,31)(H,32,33)/t23-/m1/s1. The maximum Gasteiger partial charge on any atom is 0.337 e. The average molecular weight is 491 g/mol. The Bertz CT molecular complexity index is 1210. The molecule has 2 N–H and O–H groups in total. The molecular weight excluding hydrogens is 464 g/mol. The van der Waals surface area contributed by atoms with E-state index < -0.39 is 5.97 Å². The van der Waals surface area contributed by atoms with E-state index in [-0.39, 0.29) is 29.5 Å². The van der Waals surface area contributed by atoms with Crippen LogP contribution in [0.5, 0.6) is 11.5 Å². The van der Waals surface area contributed by atoms with E-state index >= 15 is 0 Å². The lowest BCUT2D eigenvalue weighted by molar-refractivity contribution is -0.127. The summed E-state index contributed by atoms with van der Waals surface area (Å²) in [6.45, 7) is 3.22. The van der Waals surface area contributed by atoms with Crippen LogP contribution in [-0.4, -0.2) is 46.1 Å². The third-order valence-electron chi connectivity index (χ3n) is 5.67. The Morgan fingerprint density at radius 3 is 2.29 bits per heavy atom. The smallest absolute Gasteiger partial charge is 0.337 e. The van der Waals surface area contributed by atoms with Gasteiger partial charge in [-0.05, 0) is 60.5 Å². The Balaban J connectivity index is 1.29. The Morgan fingerprint density at radius 1 is 1.00 bits per heavy atom. The monoisotopic (exact) mass is 490 g/mol. The number of likely N-dealkylation sites (tertiary alicyclic amines) is 1. The van der Waals surface area contributed by atoms with Gasteiger partial charge in [0.05, 0.1) is 17.7 Å². The number of rotatable bonds is 8. The molecule has 3 aromatic rings. The van der Waals surface area contributed by atoms with Crippen LogP contribution in [0.1, 0.15) is 29.3 Å². The number of carbonyl (C=O) groups is 3. The molecule has 4 rings (SSSR count). The van der Waals surface area contributed by atoms with E-state index in [9.17, 15) is 19.5 Å². The summed E-state index contributed by atoms with van der Waals surface area (Å²) in [4.78, 5) is 38.2. The summed E-state index contributed by atoms with van der Waals surface area (Å²) in [7, 11) is 0. The first-order valence-corrected chi connectivity index (χ1v) is 12.2. The Kier molecular flexibility index (Phi) is 7.72. The van der Waals surface area contributed by atoms with Crippen molar-refractivity contribution < 1.29 is 24.2 Å². The van der Waals surface area contributed by atoms with E-state index in [0.29, 0.717) is 16.7 Å². The van der Waals surface area contributed by atoms with Crippen LogP contribution in [0.4, 0.5) is 5.69 Å². The van der Waals surface area contributed by atoms with Crippen molar-refractivity contribution in [3.8, 4) is 11.5 Å². The van der Waals surface area contributed by atoms with E-state index in [4.69, 9.17) is 4.74 Å². The molecule has 0 aromatic heterocycles. The molecule has 1 atom stereocenters. The normalized spacial score (nSPS) is 15.0. The number of carboxylic acids is 1. The predicted octanol–water partition coefficient (Wildman–Crippen LogP) is 5.07. The number of anilines is 1. The number of amides is 2. The van der Waals surface area contributed by atoms with Gasteiger partial charge in [-0.15, -0.1) is 11.8 Å². The Morgan fingerprint density at radius 2 is 1.66 bits per heavy atom. The fraction of sp³-hybridized carbons (Fsp3) is 0.222. The molecule has 0 aliphatic carbocycles. The lowest BCUT2D eigenvalue weighted by Crippen LogP contribution is -2.26. The number of nitrogens with zero attached hydrogens (tertiary/aromatic N) is 1.